The number of hydrogen-bond acceptors (Lipinski definition) is 4. The van der Waals surface area contributed by atoms with Gasteiger partial charge in [-0.05, 0) is 44.9 Å². The Balaban J connectivity index is 1.64. The van der Waals surface area contributed by atoms with Crippen LogP contribution in [0.1, 0.15) is 50.0 Å². The minimum atomic E-state index is -0.906. The van der Waals surface area contributed by atoms with Crippen LogP contribution in [0.2, 0.25) is 5.02 Å². The molecule has 1 amide bonds. The molecule has 3 atom stereocenters. The molecule has 1 saturated heterocycles. The van der Waals surface area contributed by atoms with Crippen LogP contribution in [0, 0.1) is 0 Å². The van der Waals surface area contributed by atoms with E-state index in [0.717, 1.165) is 60.5 Å². The van der Waals surface area contributed by atoms with Crippen LogP contribution in [0.3, 0.4) is 0 Å². The summed E-state index contributed by atoms with van der Waals surface area (Å²) in [5, 5.41) is 18.2. The molecule has 1 aromatic carbocycles. The summed E-state index contributed by atoms with van der Waals surface area (Å²) in [6.07, 6.45) is 5.25. The summed E-state index contributed by atoms with van der Waals surface area (Å²) in [5.41, 5.74) is 3.83. The average Bonchev–Trinajstić information content (AvgIpc) is 3.46. The van der Waals surface area contributed by atoms with Gasteiger partial charge in [-0.1, -0.05) is 18.5 Å². The number of fused-ring (bicyclic) bond motifs is 3. The minimum Gasteiger partial charge on any atom is -0.465 e. The third-order valence-corrected chi connectivity index (χ3v) is 6.79. The number of aryl methyl sites for hydroxylation is 1. The molecule has 164 valence electrons. The van der Waals surface area contributed by atoms with Gasteiger partial charge in [0.25, 0.3) is 0 Å². The highest BCUT2D eigenvalue weighted by Crippen LogP contribution is 2.38. The van der Waals surface area contributed by atoms with Gasteiger partial charge in [0.2, 0.25) is 0 Å². The topological polar surface area (TPSA) is 88.2 Å². The maximum absolute atomic E-state index is 11.9. The summed E-state index contributed by atoms with van der Waals surface area (Å²) < 4.78 is 4.22. The fourth-order valence-corrected chi connectivity index (χ4v) is 5.26. The van der Waals surface area contributed by atoms with Gasteiger partial charge in [0.15, 0.2) is 0 Å². The van der Waals surface area contributed by atoms with Crippen LogP contribution >= 0.6 is 11.6 Å². The second kappa shape index (κ2) is 7.84. The van der Waals surface area contributed by atoms with Gasteiger partial charge in [-0.2, -0.15) is 5.10 Å². The molecule has 0 bridgehead atoms. The number of carbonyl (C=O) groups is 1. The van der Waals surface area contributed by atoms with Gasteiger partial charge in [0.05, 0.1) is 34.5 Å². The number of anilines is 1. The van der Waals surface area contributed by atoms with Crippen LogP contribution < -0.4 is 10.2 Å². The lowest BCUT2D eigenvalue weighted by Crippen LogP contribution is -2.41. The van der Waals surface area contributed by atoms with Crippen LogP contribution in [0.5, 0.6) is 0 Å². The minimum absolute atomic E-state index is 0.0356. The summed E-state index contributed by atoms with van der Waals surface area (Å²) >= 11 is 6.05. The molecule has 31 heavy (non-hydrogen) atoms. The number of amides is 1. The number of nitrogens with zero attached hydrogens (tertiary/aromatic N) is 5. The highest BCUT2D eigenvalue weighted by Gasteiger charge is 2.32. The maximum Gasteiger partial charge on any atom is 0.412 e. The first-order chi connectivity index (χ1) is 14.9. The third kappa shape index (κ3) is 3.47. The Hall–Kier alpha value is -2.58. The Morgan fingerprint density at radius 3 is 2.90 bits per heavy atom. The van der Waals surface area contributed by atoms with Gasteiger partial charge in [0.1, 0.15) is 5.82 Å². The Bertz CT molecular complexity index is 1130. The Labute approximate surface area is 185 Å². The lowest BCUT2D eigenvalue weighted by molar-refractivity contribution is 0.198. The summed E-state index contributed by atoms with van der Waals surface area (Å²) in [4.78, 5) is 18.6. The van der Waals surface area contributed by atoms with Crippen LogP contribution in [-0.4, -0.2) is 49.7 Å². The number of imidazole rings is 1. The van der Waals surface area contributed by atoms with Gasteiger partial charge in [0, 0.05) is 36.3 Å². The lowest BCUT2D eigenvalue weighted by atomic mass is 9.95. The molecular weight excluding hydrogens is 416 g/mol. The smallest absolute Gasteiger partial charge is 0.412 e. The second-order valence-corrected chi connectivity index (χ2v) is 9.18. The van der Waals surface area contributed by atoms with Gasteiger partial charge >= 0.3 is 6.09 Å². The lowest BCUT2D eigenvalue weighted by Gasteiger charge is -2.33. The average molecular weight is 443 g/mol. The van der Waals surface area contributed by atoms with Crippen molar-refractivity contribution in [2.75, 3.05) is 18.0 Å². The van der Waals surface area contributed by atoms with Crippen LogP contribution in [0.4, 0.5) is 10.5 Å². The molecule has 5 rings (SSSR count). The van der Waals surface area contributed by atoms with E-state index in [2.05, 4.69) is 28.0 Å². The first-order valence-corrected chi connectivity index (χ1v) is 11.3. The molecule has 8 nitrogen and oxygen atoms in total. The monoisotopic (exact) mass is 442 g/mol. The molecule has 2 N–H and O–H groups in total. The zero-order valence-electron chi connectivity index (χ0n) is 17.8. The molecule has 0 unspecified atom stereocenters. The van der Waals surface area contributed by atoms with Crippen LogP contribution in [0.15, 0.2) is 24.5 Å². The molecule has 3 aromatic rings. The molecule has 2 aromatic heterocycles. The molecular formula is C22H27ClN6O2. The first kappa shape index (κ1) is 20.3. The molecule has 0 aliphatic carbocycles. The van der Waals surface area contributed by atoms with Crippen molar-refractivity contribution in [3.63, 3.8) is 0 Å². The van der Waals surface area contributed by atoms with E-state index in [1.165, 1.54) is 4.90 Å². The van der Waals surface area contributed by atoms with E-state index in [1.807, 2.05) is 23.9 Å². The maximum atomic E-state index is 11.9. The number of hydrogen-bond donors (Lipinski definition) is 2. The largest absolute Gasteiger partial charge is 0.465 e. The normalized spacial score (nSPS) is 22.1. The van der Waals surface area contributed by atoms with Crippen molar-refractivity contribution in [3.8, 4) is 0 Å². The van der Waals surface area contributed by atoms with E-state index < -0.39 is 6.09 Å². The quantitative estimate of drug-likeness (QED) is 0.636. The first-order valence-electron chi connectivity index (χ1n) is 10.9. The van der Waals surface area contributed by atoms with Crippen molar-refractivity contribution < 1.29 is 9.90 Å². The van der Waals surface area contributed by atoms with Crippen LogP contribution in [0.25, 0.3) is 11.0 Å². The van der Waals surface area contributed by atoms with E-state index >= 15 is 0 Å². The highest BCUT2D eigenvalue weighted by atomic mass is 35.5. The van der Waals surface area contributed by atoms with E-state index in [1.54, 1.807) is 6.20 Å². The van der Waals surface area contributed by atoms with Crippen molar-refractivity contribution in [2.24, 2.45) is 0 Å². The van der Waals surface area contributed by atoms with Crippen molar-refractivity contribution >= 4 is 34.4 Å². The number of halogens is 1. The van der Waals surface area contributed by atoms with Crippen molar-refractivity contribution in [1.82, 2.24) is 24.6 Å². The molecule has 1 fully saturated rings. The fourth-order valence-electron chi connectivity index (χ4n) is 5.10. The summed E-state index contributed by atoms with van der Waals surface area (Å²) in [6, 6.07) is 4.31. The Kier molecular flexibility index (Phi) is 5.14. The van der Waals surface area contributed by atoms with Crippen LogP contribution in [-0.2, 0) is 13.0 Å². The van der Waals surface area contributed by atoms with E-state index in [4.69, 9.17) is 16.6 Å². The Morgan fingerprint density at radius 1 is 1.39 bits per heavy atom. The zero-order chi connectivity index (χ0) is 21.7. The molecule has 2 aliphatic rings. The summed E-state index contributed by atoms with van der Waals surface area (Å²) in [7, 11) is 0. The molecule has 4 heterocycles. The van der Waals surface area contributed by atoms with E-state index in [-0.39, 0.29) is 12.0 Å². The number of aromatic nitrogens is 4. The number of nitrogens with one attached hydrogen (secondary N) is 1. The molecule has 9 heteroatoms. The molecule has 2 aliphatic heterocycles. The third-order valence-electron chi connectivity index (χ3n) is 6.59. The standard InChI is InChI=1S/C22H27ClN6O2/c1-13(11-27-12-15(23)9-25-27)21-26-20-17-4-3-14(2)28(22(30)31)18(17)5-6-19(20)29(21)16-7-8-24-10-16/h5-6,9,12-14,16,24H,3-4,7-8,10-11H2,1-2H3,(H,30,31)/t13-,14-,16-/m0/s1. The molecule has 0 saturated carbocycles. The van der Waals surface area contributed by atoms with E-state index in [9.17, 15) is 9.90 Å². The zero-order valence-corrected chi connectivity index (χ0v) is 18.5. The van der Waals surface area contributed by atoms with Gasteiger partial charge < -0.3 is 15.0 Å². The summed E-state index contributed by atoms with van der Waals surface area (Å²) in [6.45, 7) is 6.70. The Morgan fingerprint density at radius 2 is 2.23 bits per heavy atom. The number of carboxylic acid groups (broad SMARTS) is 1. The summed E-state index contributed by atoms with van der Waals surface area (Å²) in [5.74, 6) is 1.14. The van der Waals surface area contributed by atoms with Crippen molar-refractivity contribution in [2.45, 2.75) is 57.7 Å². The second-order valence-electron chi connectivity index (χ2n) is 8.74. The van der Waals surface area contributed by atoms with Gasteiger partial charge in [-0.25, -0.2) is 9.78 Å². The van der Waals surface area contributed by atoms with E-state index in [0.29, 0.717) is 17.6 Å². The fraction of sp³-hybridized carbons (Fsp3) is 0.500. The van der Waals surface area contributed by atoms with Crippen molar-refractivity contribution in [3.05, 3.63) is 40.9 Å². The molecule has 0 spiro atoms. The molecule has 0 radical (unpaired) electrons. The predicted molar refractivity (Wildman–Crippen MR) is 120 cm³/mol. The van der Waals surface area contributed by atoms with Gasteiger partial charge in [-0.15, -0.1) is 0 Å². The predicted octanol–water partition coefficient (Wildman–Crippen LogP) is 4.04. The SMILES string of the molecule is C[C@@H](Cn1cc(Cl)cn1)c1nc2c3c(ccc2n1[C@H]1CCNC1)N(C(=O)O)[C@@H](C)CC3. The number of benzene rings is 1. The highest BCUT2D eigenvalue weighted by molar-refractivity contribution is 6.30. The van der Waals surface area contributed by atoms with Gasteiger partial charge in [-0.3, -0.25) is 9.58 Å². The number of rotatable bonds is 4. The van der Waals surface area contributed by atoms with Crippen molar-refractivity contribution in [1.29, 1.82) is 0 Å².